The molecule has 2 unspecified atom stereocenters. The third kappa shape index (κ3) is 4.67. The first kappa shape index (κ1) is 17.4. The lowest BCUT2D eigenvalue weighted by atomic mass is 9.93. The first-order valence-corrected chi connectivity index (χ1v) is 6.95. The summed E-state index contributed by atoms with van der Waals surface area (Å²) in [5.41, 5.74) is 4.46. The molecule has 1 aromatic rings. The topological polar surface area (TPSA) is 64.3 Å². The molecule has 2 atom stereocenters. The molecule has 4 nitrogen and oxygen atoms in total. The van der Waals surface area contributed by atoms with E-state index in [-0.39, 0.29) is 12.2 Å². The fraction of sp³-hybridized carbons (Fsp3) is 0.533. The van der Waals surface area contributed by atoms with Crippen LogP contribution in [0, 0.1) is 11.6 Å². The van der Waals surface area contributed by atoms with E-state index in [1.807, 2.05) is 6.92 Å². The molecule has 0 saturated carbocycles. The van der Waals surface area contributed by atoms with E-state index in [0.29, 0.717) is 6.54 Å². The molecule has 0 aliphatic rings. The van der Waals surface area contributed by atoms with Crippen molar-refractivity contribution in [1.29, 1.82) is 0 Å². The molecule has 0 fully saturated rings. The van der Waals surface area contributed by atoms with Gasteiger partial charge in [0.05, 0.1) is 11.6 Å². The molecule has 6 heteroatoms. The van der Waals surface area contributed by atoms with E-state index in [4.69, 9.17) is 10.5 Å². The predicted molar refractivity (Wildman–Crippen MR) is 77.0 cm³/mol. The average molecular weight is 300 g/mol. The van der Waals surface area contributed by atoms with Gasteiger partial charge in [0.15, 0.2) is 11.6 Å². The summed E-state index contributed by atoms with van der Waals surface area (Å²) in [5.74, 6) is -2.69. The molecule has 0 aromatic heterocycles. The second-order valence-electron chi connectivity index (χ2n) is 5.31. The maximum atomic E-state index is 13.5. The molecule has 0 radical (unpaired) electrons. The van der Waals surface area contributed by atoms with Crippen molar-refractivity contribution in [2.75, 3.05) is 6.54 Å². The Bertz CT molecular complexity index is 497. The van der Waals surface area contributed by atoms with Crippen LogP contribution in [-0.2, 0) is 4.79 Å². The summed E-state index contributed by atoms with van der Waals surface area (Å²) in [4.78, 5) is 11.6. The Labute approximate surface area is 123 Å². The van der Waals surface area contributed by atoms with Gasteiger partial charge < -0.3 is 15.8 Å². The Morgan fingerprint density at radius 3 is 2.71 bits per heavy atom. The molecule has 118 valence electrons. The maximum Gasteiger partial charge on any atom is 0.237 e. The van der Waals surface area contributed by atoms with Crippen LogP contribution in [0.5, 0.6) is 5.75 Å². The van der Waals surface area contributed by atoms with Crippen molar-refractivity contribution in [2.24, 2.45) is 5.73 Å². The molecule has 1 aromatic carbocycles. The number of ether oxygens (including phenoxy) is 1. The molecule has 0 spiro atoms. The Balaban J connectivity index is 2.76. The van der Waals surface area contributed by atoms with Gasteiger partial charge in [0.25, 0.3) is 0 Å². The van der Waals surface area contributed by atoms with E-state index in [0.717, 1.165) is 12.5 Å². The number of primary amides is 1. The molecule has 3 N–H and O–H groups in total. The summed E-state index contributed by atoms with van der Waals surface area (Å²) in [6.07, 6.45) is 0.581. The maximum absolute atomic E-state index is 13.5. The lowest BCUT2D eigenvalue weighted by Crippen LogP contribution is -2.55. The number of rotatable bonds is 8. The molecule has 1 amide bonds. The molecule has 1 rings (SSSR count). The van der Waals surface area contributed by atoms with Gasteiger partial charge in [0.1, 0.15) is 0 Å². The van der Waals surface area contributed by atoms with Crippen LogP contribution in [-0.4, -0.2) is 24.1 Å². The van der Waals surface area contributed by atoms with Gasteiger partial charge in [-0.25, -0.2) is 4.39 Å². The van der Waals surface area contributed by atoms with Crippen molar-refractivity contribution in [1.82, 2.24) is 5.32 Å². The van der Waals surface area contributed by atoms with Crippen molar-refractivity contribution < 1.29 is 18.3 Å². The minimum absolute atomic E-state index is 0.176. The van der Waals surface area contributed by atoms with Crippen LogP contribution in [0.15, 0.2) is 18.2 Å². The number of halogens is 2. The number of nitrogens with two attached hydrogens (primary N) is 1. The van der Waals surface area contributed by atoms with Gasteiger partial charge in [-0.2, -0.15) is 4.39 Å². The van der Waals surface area contributed by atoms with Crippen molar-refractivity contribution in [2.45, 2.75) is 45.3 Å². The lowest BCUT2D eigenvalue weighted by molar-refractivity contribution is -0.124. The highest BCUT2D eigenvalue weighted by Crippen LogP contribution is 2.23. The highest BCUT2D eigenvalue weighted by atomic mass is 19.2. The first-order valence-electron chi connectivity index (χ1n) is 6.95. The standard InChI is InChI=1S/C15H22F2N2O2/c1-4-8-19-15(3,14(18)20)9-10(2)21-12-7-5-6-11(16)13(12)17/h5-7,10,19H,4,8-9H2,1-3H3,(H2,18,20). The van der Waals surface area contributed by atoms with E-state index in [1.54, 1.807) is 13.8 Å². The zero-order valence-corrected chi connectivity index (χ0v) is 12.6. The summed E-state index contributed by atoms with van der Waals surface area (Å²) in [5, 5.41) is 3.07. The number of hydrogen-bond donors (Lipinski definition) is 2. The molecule has 0 bridgehead atoms. The lowest BCUT2D eigenvalue weighted by Gasteiger charge is -2.30. The summed E-state index contributed by atoms with van der Waals surface area (Å²) < 4.78 is 32.1. The number of amides is 1. The Hall–Kier alpha value is -1.69. The number of carbonyl (C=O) groups excluding carboxylic acids is 1. The molecule has 21 heavy (non-hydrogen) atoms. The second-order valence-corrected chi connectivity index (χ2v) is 5.31. The van der Waals surface area contributed by atoms with Crippen LogP contribution in [0.3, 0.4) is 0 Å². The molecule has 0 saturated heterocycles. The van der Waals surface area contributed by atoms with Crippen LogP contribution in [0.1, 0.15) is 33.6 Å². The van der Waals surface area contributed by atoms with Crippen LogP contribution in [0.25, 0.3) is 0 Å². The summed E-state index contributed by atoms with van der Waals surface area (Å²) in [7, 11) is 0. The quantitative estimate of drug-likeness (QED) is 0.774. The zero-order valence-electron chi connectivity index (χ0n) is 12.6. The number of nitrogens with one attached hydrogen (secondary N) is 1. The van der Waals surface area contributed by atoms with Crippen LogP contribution < -0.4 is 15.8 Å². The van der Waals surface area contributed by atoms with Crippen molar-refractivity contribution in [3.63, 3.8) is 0 Å². The van der Waals surface area contributed by atoms with E-state index < -0.39 is 29.2 Å². The molecular formula is C15H22F2N2O2. The number of benzene rings is 1. The minimum atomic E-state index is -1.04. The smallest absolute Gasteiger partial charge is 0.237 e. The molecule has 0 aliphatic carbocycles. The largest absolute Gasteiger partial charge is 0.487 e. The van der Waals surface area contributed by atoms with Crippen LogP contribution in [0.4, 0.5) is 8.78 Å². The van der Waals surface area contributed by atoms with Gasteiger partial charge in [0.2, 0.25) is 11.7 Å². The van der Waals surface area contributed by atoms with Gasteiger partial charge in [-0.05, 0) is 38.9 Å². The summed E-state index contributed by atoms with van der Waals surface area (Å²) >= 11 is 0. The fourth-order valence-corrected chi connectivity index (χ4v) is 2.07. The van der Waals surface area contributed by atoms with Crippen molar-refractivity contribution in [3.05, 3.63) is 29.8 Å². The van der Waals surface area contributed by atoms with Gasteiger partial charge in [-0.1, -0.05) is 13.0 Å². The average Bonchev–Trinajstić information content (AvgIpc) is 2.41. The summed E-state index contributed by atoms with van der Waals surface area (Å²) in [6, 6.07) is 3.72. The third-order valence-corrected chi connectivity index (χ3v) is 3.25. The normalized spacial score (nSPS) is 15.3. The predicted octanol–water partition coefficient (Wildman–Crippen LogP) is 2.37. The monoisotopic (exact) mass is 300 g/mol. The van der Waals surface area contributed by atoms with Crippen LogP contribution in [0.2, 0.25) is 0 Å². The van der Waals surface area contributed by atoms with Gasteiger partial charge in [-0.15, -0.1) is 0 Å². The van der Waals surface area contributed by atoms with Gasteiger partial charge in [-0.3, -0.25) is 4.79 Å². The molecule has 0 heterocycles. The highest BCUT2D eigenvalue weighted by Gasteiger charge is 2.33. The Morgan fingerprint density at radius 1 is 1.48 bits per heavy atom. The van der Waals surface area contributed by atoms with Gasteiger partial charge in [0, 0.05) is 6.42 Å². The van der Waals surface area contributed by atoms with Crippen molar-refractivity contribution >= 4 is 5.91 Å². The van der Waals surface area contributed by atoms with Crippen LogP contribution >= 0.6 is 0 Å². The van der Waals surface area contributed by atoms with Crippen molar-refractivity contribution in [3.8, 4) is 5.75 Å². The zero-order chi connectivity index (χ0) is 16.0. The molecular weight excluding hydrogens is 278 g/mol. The third-order valence-electron chi connectivity index (χ3n) is 3.25. The minimum Gasteiger partial charge on any atom is -0.487 e. The highest BCUT2D eigenvalue weighted by molar-refractivity contribution is 5.84. The number of hydrogen-bond acceptors (Lipinski definition) is 3. The fourth-order valence-electron chi connectivity index (χ4n) is 2.07. The second kappa shape index (κ2) is 7.36. The summed E-state index contributed by atoms with van der Waals surface area (Å²) in [6.45, 7) is 5.95. The van der Waals surface area contributed by atoms with E-state index >= 15 is 0 Å². The molecule has 0 aliphatic heterocycles. The Morgan fingerprint density at radius 2 is 2.14 bits per heavy atom. The first-order chi connectivity index (χ1) is 9.80. The SMILES string of the molecule is CCCNC(C)(CC(C)Oc1cccc(F)c1F)C(N)=O. The van der Waals surface area contributed by atoms with Gasteiger partial charge >= 0.3 is 0 Å². The Kier molecular flexibility index (Phi) is 6.08. The number of carbonyl (C=O) groups is 1. The van der Waals surface area contributed by atoms with E-state index in [2.05, 4.69) is 5.32 Å². The van der Waals surface area contributed by atoms with E-state index in [1.165, 1.54) is 12.1 Å². The van der Waals surface area contributed by atoms with E-state index in [9.17, 15) is 13.6 Å².